The number of nitrogens with one attached hydrogen (secondary N) is 3. The SMILES string of the molecule is Cc1ccc(OCCNCCCc2ccc(NS(C)(=O)=O)cc2)c2c1NC(=O)CC2.Cl. The van der Waals surface area contributed by atoms with Crippen LogP contribution < -0.4 is 20.1 Å². The molecule has 1 aliphatic rings. The maximum Gasteiger partial charge on any atom is 0.229 e. The molecule has 1 aliphatic heterocycles. The van der Waals surface area contributed by atoms with Crippen LogP contribution in [0.4, 0.5) is 11.4 Å². The van der Waals surface area contributed by atoms with Crippen molar-refractivity contribution in [1.82, 2.24) is 5.32 Å². The quantitative estimate of drug-likeness (QED) is 0.466. The molecule has 0 aromatic heterocycles. The number of fused-ring (bicyclic) bond motifs is 1. The molecule has 31 heavy (non-hydrogen) atoms. The van der Waals surface area contributed by atoms with Crippen LogP contribution in [0.3, 0.4) is 0 Å². The van der Waals surface area contributed by atoms with Crippen LogP contribution >= 0.6 is 12.4 Å². The van der Waals surface area contributed by atoms with Crippen LogP contribution in [-0.2, 0) is 27.7 Å². The van der Waals surface area contributed by atoms with Crippen LogP contribution in [0, 0.1) is 6.92 Å². The average Bonchev–Trinajstić information content (AvgIpc) is 2.69. The van der Waals surface area contributed by atoms with E-state index in [1.165, 1.54) is 5.56 Å². The first-order valence-electron chi connectivity index (χ1n) is 10.1. The summed E-state index contributed by atoms with van der Waals surface area (Å²) in [7, 11) is -3.24. The Morgan fingerprint density at radius 1 is 1.06 bits per heavy atom. The van der Waals surface area contributed by atoms with Gasteiger partial charge < -0.3 is 15.4 Å². The zero-order chi connectivity index (χ0) is 21.6. The normalized spacial score (nSPS) is 13.0. The Morgan fingerprint density at radius 2 is 1.81 bits per heavy atom. The lowest BCUT2D eigenvalue weighted by atomic mass is 9.98. The average molecular weight is 468 g/mol. The molecular formula is C22H30ClN3O4S. The van der Waals surface area contributed by atoms with E-state index in [2.05, 4.69) is 15.4 Å². The van der Waals surface area contributed by atoms with Gasteiger partial charge in [-0.2, -0.15) is 0 Å². The molecule has 0 saturated carbocycles. The molecule has 0 fully saturated rings. The standard InChI is InChI=1S/C22H29N3O4S.ClH/c1-16-5-11-20(19-10-12-21(26)24-22(16)19)29-15-14-23-13-3-4-17-6-8-18(9-7-17)25-30(2,27)28;/h5-9,11,23,25H,3-4,10,12-15H2,1-2H3,(H,24,26);1H. The summed E-state index contributed by atoms with van der Waals surface area (Å²) in [4.78, 5) is 11.6. The fraction of sp³-hybridized carbons (Fsp3) is 0.409. The lowest BCUT2D eigenvalue weighted by Gasteiger charge is -2.22. The van der Waals surface area contributed by atoms with Crippen LogP contribution in [-0.4, -0.2) is 40.3 Å². The number of hydrogen-bond donors (Lipinski definition) is 3. The fourth-order valence-electron chi connectivity index (χ4n) is 3.47. The van der Waals surface area contributed by atoms with E-state index in [1.54, 1.807) is 12.1 Å². The number of ether oxygens (including phenoxy) is 1. The highest BCUT2D eigenvalue weighted by Crippen LogP contribution is 2.33. The van der Waals surface area contributed by atoms with Crippen LogP contribution in [0.15, 0.2) is 36.4 Å². The van der Waals surface area contributed by atoms with Crippen LogP contribution in [0.25, 0.3) is 0 Å². The molecule has 170 valence electrons. The van der Waals surface area contributed by atoms with Gasteiger partial charge in [0.05, 0.1) is 11.9 Å². The molecule has 3 N–H and O–H groups in total. The van der Waals surface area contributed by atoms with E-state index in [0.717, 1.165) is 54.8 Å². The molecule has 9 heteroatoms. The minimum atomic E-state index is -3.24. The highest BCUT2D eigenvalue weighted by molar-refractivity contribution is 7.92. The monoisotopic (exact) mass is 467 g/mol. The second-order valence-corrected chi connectivity index (χ2v) is 9.30. The molecule has 0 atom stereocenters. The summed E-state index contributed by atoms with van der Waals surface area (Å²) in [6.45, 7) is 4.17. The number of anilines is 2. The minimum Gasteiger partial charge on any atom is -0.492 e. The molecule has 0 radical (unpaired) electrons. The fourth-order valence-corrected chi connectivity index (χ4v) is 4.04. The van der Waals surface area contributed by atoms with Crippen LogP contribution in [0.2, 0.25) is 0 Å². The van der Waals surface area contributed by atoms with Gasteiger partial charge in [0.15, 0.2) is 0 Å². The van der Waals surface area contributed by atoms with E-state index in [1.807, 2.05) is 31.2 Å². The number of aryl methyl sites for hydroxylation is 2. The van der Waals surface area contributed by atoms with Gasteiger partial charge in [-0.05, 0) is 62.1 Å². The van der Waals surface area contributed by atoms with Crippen molar-refractivity contribution in [3.8, 4) is 5.75 Å². The number of sulfonamides is 1. The van der Waals surface area contributed by atoms with Gasteiger partial charge in [0, 0.05) is 24.2 Å². The topological polar surface area (TPSA) is 96.5 Å². The maximum absolute atomic E-state index is 11.6. The van der Waals surface area contributed by atoms with Crippen molar-refractivity contribution in [3.05, 3.63) is 53.1 Å². The van der Waals surface area contributed by atoms with E-state index in [0.29, 0.717) is 25.1 Å². The van der Waals surface area contributed by atoms with Crippen LogP contribution in [0.5, 0.6) is 5.75 Å². The third kappa shape index (κ3) is 7.72. The Labute approximate surface area is 190 Å². The minimum absolute atomic E-state index is 0. The molecule has 7 nitrogen and oxygen atoms in total. The van der Waals surface area contributed by atoms with Gasteiger partial charge in [0.2, 0.25) is 15.9 Å². The van der Waals surface area contributed by atoms with Crippen molar-refractivity contribution in [2.24, 2.45) is 0 Å². The second kappa shape index (κ2) is 11.4. The van der Waals surface area contributed by atoms with Crippen molar-refractivity contribution >= 4 is 39.7 Å². The van der Waals surface area contributed by atoms with Gasteiger partial charge in [-0.3, -0.25) is 9.52 Å². The maximum atomic E-state index is 11.6. The Balaban J connectivity index is 0.00000341. The summed E-state index contributed by atoms with van der Waals surface area (Å²) in [5, 5.41) is 6.33. The largest absolute Gasteiger partial charge is 0.492 e. The zero-order valence-corrected chi connectivity index (χ0v) is 19.5. The molecule has 0 bridgehead atoms. The number of amides is 1. The molecule has 2 aromatic rings. The van der Waals surface area contributed by atoms with Crippen molar-refractivity contribution < 1.29 is 17.9 Å². The number of hydrogen-bond acceptors (Lipinski definition) is 5. The molecule has 0 saturated heterocycles. The molecule has 0 unspecified atom stereocenters. The summed E-state index contributed by atoms with van der Waals surface area (Å²) in [5.41, 5.74) is 4.79. The van der Waals surface area contributed by atoms with Gasteiger partial charge >= 0.3 is 0 Å². The summed E-state index contributed by atoms with van der Waals surface area (Å²) < 4.78 is 30.9. The van der Waals surface area contributed by atoms with Crippen molar-refractivity contribution in [1.29, 1.82) is 0 Å². The Bertz CT molecular complexity index is 995. The highest BCUT2D eigenvalue weighted by atomic mass is 35.5. The molecular weight excluding hydrogens is 438 g/mol. The summed E-state index contributed by atoms with van der Waals surface area (Å²) >= 11 is 0. The summed E-state index contributed by atoms with van der Waals surface area (Å²) in [5.74, 6) is 0.908. The van der Waals surface area contributed by atoms with Crippen molar-refractivity contribution in [2.45, 2.75) is 32.6 Å². The first kappa shape index (κ1) is 25.0. The first-order valence-corrected chi connectivity index (χ1v) is 12.0. The van der Waals surface area contributed by atoms with E-state index < -0.39 is 10.0 Å². The Morgan fingerprint density at radius 3 is 2.52 bits per heavy atom. The van der Waals surface area contributed by atoms with Crippen LogP contribution in [0.1, 0.15) is 29.5 Å². The van der Waals surface area contributed by atoms with E-state index >= 15 is 0 Å². The number of rotatable bonds is 10. The van der Waals surface area contributed by atoms with Gasteiger partial charge in [-0.1, -0.05) is 18.2 Å². The predicted molar refractivity (Wildman–Crippen MR) is 127 cm³/mol. The van der Waals surface area contributed by atoms with Gasteiger partial charge in [-0.15, -0.1) is 12.4 Å². The molecule has 3 rings (SSSR count). The lowest BCUT2D eigenvalue weighted by Crippen LogP contribution is -2.24. The van der Waals surface area contributed by atoms with E-state index in [9.17, 15) is 13.2 Å². The van der Waals surface area contributed by atoms with Crippen molar-refractivity contribution in [2.75, 3.05) is 36.0 Å². The smallest absolute Gasteiger partial charge is 0.229 e. The number of halogens is 1. The second-order valence-electron chi connectivity index (χ2n) is 7.56. The Kier molecular flexibility index (Phi) is 9.15. The number of carbonyl (C=O) groups is 1. The first-order chi connectivity index (χ1) is 14.3. The molecule has 2 aromatic carbocycles. The van der Waals surface area contributed by atoms with Crippen molar-refractivity contribution in [3.63, 3.8) is 0 Å². The Hall–Kier alpha value is -2.29. The van der Waals surface area contributed by atoms with E-state index in [4.69, 9.17) is 4.74 Å². The summed E-state index contributed by atoms with van der Waals surface area (Å²) in [6, 6.07) is 11.4. The summed E-state index contributed by atoms with van der Waals surface area (Å²) in [6.07, 6.45) is 4.24. The molecule has 1 heterocycles. The van der Waals surface area contributed by atoms with Gasteiger partial charge in [0.25, 0.3) is 0 Å². The highest BCUT2D eigenvalue weighted by Gasteiger charge is 2.20. The van der Waals surface area contributed by atoms with E-state index in [-0.39, 0.29) is 18.3 Å². The molecule has 0 spiro atoms. The molecule has 0 aliphatic carbocycles. The lowest BCUT2D eigenvalue weighted by molar-refractivity contribution is -0.116. The van der Waals surface area contributed by atoms with Gasteiger partial charge in [0.1, 0.15) is 12.4 Å². The number of benzene rings is 2. The third-order valence-electron chi connectivity index (χ3n) is 4.96. The molecule has 1 amide bonds. The van der Waals surface area contributed by atoms with Gasteiger partial charge in [-0.25, -0.2) is 8.42 Å². The number of carbonyl (C=O) groups excluding carboxylic acids is 1. The predicted octanol–water partition coefficient (Wildman–Crippen LogP) is 3.27. The third-order valence-corrected chi connectivity index (χ3v) is 5.56. The zero-order valence-electron chi connectivity index (χ0n) is 17.9.